The summed E-state index contributed by atoms with van der Waals surface area (Å²) in [6, 6.07) is 16.0. The van der Waals surface area contributed by atoms with Gasteiger partial charge in [-0.1, -0.05) is 12.1 Å². The van der Waals surface area contributed by atoms with Gasteiger partial charge in [0.25, 0.3) is 10.0 Å². The fourth-order valence-electron chi connectivity index (χ4n) is 2.60. The molecule has 2 aromatic carbocycles. The van der Waals surface area contributed by atoms with Gasteiger partial charge in [-0.05, 0) is 48.9 Å². The minimum atomic E-state index is -3.75. The molecule has 1 aliphatic heterocycles. The van der Waals surface area contributed by atoms with Crippen LogP contribution in [0.4, 0.5) is 0 Å². The van der Waals surface area contributed by atoms with Gasteiger partial charge in [-0.2, -0.15) is 18.8 Å². The zero-order valence-corrected chi connectivity index (χ0v) is 15.6. The van der Waals surface area contributed by atoms with Gasteiger partial charge in [0.1, 0.15) is 10.6 Å². The van der Waals surface area contributed by atoms with Crippen molar-refractivity contribution in [3.05, 3.63) is 59.7 Å². The van der Waals surface area contributed by atoms with Crippen LogP contribution in [0, 0.1) is 11.3 Å². The predicted octanol–water partition coefficient (Wildman–Crippen LogP) is 2.78. The van der Waals surface area contributed by atoms with Gasteiger partial charge in [0.05, 0.1) is 31.9 Å². The number of ether oxygens (including phenoxy) is 1. The van der Waals surface area contributed by atoms with Gasteiger partial charge in [-0.25, -0.2) is 5.01 Å². The van der Waals surface area contributed by atoms with E-state index in [1.807, 2.05) is 37.3 Å². The van der Waals surface area contributed by atoms with Gasteiger partial charge >= 0.3 is 0 Å². The number of nitrogens with zero attached hydrogens (tertiary/aromatic N) is 4. The number of hydrogen-bond acceptors (Lipinski definition) is 6. The van der Waals surface area contributed by atoms with Crippen LogP contribution >= 0.6 is 0 Å². The molecule has 0 amide bonds. The molecule has 0 aromatic heterocycles. The molecule has 3 rings (SSSR count). The number of fused-ring (bicyclic) bond motifs is 1. The van der Waals surface area contributed by atoms with Crippen LogP contribution in [0.3, 0.4) is 0 Å². The average Bonchev–Trinajstić information content (AvgIpc) is 2.95. The maximum Gasteiger partial charge on any atom is 0.285 e. The predicted molar refractivity (Wildman–Crippen MR) is 102 cm³/mol. The first-order valence-corrected chi connectivity index (χ1v) is 9.85. The summed E-state index contributed by atoms with van der Waals surface area (Å²) in [7, 11) is -3.75. The third-order valence-corrected chi connectivity index (χ3v) is 5.15. The second-order valence-electron chi connectivity index (χ2n) is 5.66. The van der Waals surface area contributed by atoms with Crippen molar-refractivity contribution in [2.75, 3.05) is 13.2 Å². The SMILES string of the molecule is CCOc1ccc(/C=N/N(CCC#N)C2=NS(=O)(=O)c3ccccc32)cc1. The second-order valence-corrected chi connectivity index (χ2v) is 7.24. The van der Waals surface area contributed by atoms with Gasteiger partial charge in [0, 0.05) is 5.56 Å². The van der Waals surface area contributed by atoms with E-state index in [1.165, 1.54) is 11.1 Å². The highest BCUT2D eigenvalue weighted by Crippen LogP contribution is 2.27. The number of hydrogen-bond donors (Lipinski definition) is 0. The Labute approximate surface area is 158 Å². The molecular weight excluding hydrogens is 364 g/mol. The van der Waals surface area contributed by atoms with E-state index in [9.17, 15) is 8.42 Å². The summed E-state index contributed by atoms with van der Waals surface area (Å²) in [5, 5.41) is 14.7. The number of nitriles is 1. The molecule has 0 atom stereocenters. The largest absolute Gasteiger partial charge is 0.494 e. The first kappa shape index (κ1) is 18.6. The maximum absolute atomic E-state index is 12.3. The summed E-state index contributed by atoms with van der Waals surface area (Å²) in [6.45, 7) is 2.73. The normalized spacial score (nSPS) is 14.4. The molecule has 0 fully saturated rings. The zero-order valence-electron chi connectivity index (χ0n) is 14.7. The lowest BCUT2D eigenvalue weighted by Crippen LogP contribution is -2.27. The molecule has 0 spiro atoms. The van der Waals surface area contributed by atoms with Crippen LogP contribution in [0.15, 0.2) is 62.9 Å². The van der Waals surface area contributed by atoms with Crippen molar-refractivity contribution in [3.63, 3.8) is 0 Å². The number of amidine groups is 1. The van der Waals surface area contributed by atoms with Crippen LogP contribution in [0.1, 0.15) is 24.5 Å². The third-order valence-electron chi connectivity index (χ3n) is 3.83. The molecule has 1 heterocycles. The highest BCUT2D eigenvalue weighted by molar-refractivity contribution is 7.90. The topological polar surface area (TPSA) is 95.1 Å². The summed E-state index contributed by atoms with van der Waals surface area (Å²) in [5.41, 5.74) is 1.30. The van der Waals surface area contributed by atoms with Crippen LogP contribution in [-0.2, 0) is 10.0 Å². The van der Waals surface area contributed by atoms with E-state index in [2.05, 4.69) is 9.50 Å². The van der Waals surface area contributed by atoms with Crippen molar-refractivity contribution in [2.45, 2.75) is 18.2 Å². The lowest BCUT2D eigenvalue weighted by atomic mass is 10.2. The first-order chi connectivity index (χ1) is 13.0. The van der Waals surface area contributed by atoms with Crippen molar-refractivity contribution in [1.82, 2.24) is 5.01 Å². The maximum atomic E-state index is 12.3. The van der Waals surface area contributed by atoms with Crippen LogP contribution in [0.2, 0.25) is 0 Å². The van der Waals surface area contributed by atoms with Gasteiger partial charge in [-0.3, -0.25) is 0 Å². The number of benzene rings is 2. The summed E-state index contributed by atoms with van der Waals surface area (Å²) in [5.74, 6) is 0.985. The van der Waals surface area contributed by atoms with E-state index in [1.54, 1.807) is 24.4 Å². The van der Waals surface area contributed by atoms with E-state index in [0.717, 1.165) is 11.3 Å². The Morgan fingerprint density at radius 3 is 2.67 bits per heavy atom. The zero-order chi connectivity index (χ0) is 19.3. The van der Waals surface area contributed by atoms with Gasteiger partial charge in [-0.15, -0.1) is 4.40 Å². The second kappa shape index (κ2) is 8.01. The summed E-state index contributed by atoms with van der Waals surface area (Å²) in [4.78, 5) is 0.151. The van der Waals surface area contributed by atoms with Crippen LogP contribution in [0.25, 0.3) is 0 Å². The Balaban J connectivity index is 1.90. The molecular formula is C19H18N4O3S. The van der Waals surface area contributed by atoms with E-state index in [4.69, 9.17) is 10.00 Å². The van der Waals surface area contributed by atoms with Crippen LogP contribution in [-0.4, -0.2) is 38.6 Å². The minimum absolute atomic E-state index is 0.151. The molecule has 2 aromatic rings. The van der Waals surface area contributed by atoms with Crippen molar-refractivity contribution in [1.29, 1.82) is 5.26 Å². The lowest BCUT2D eigenvalue weighted by molar-refractivity contribution is 0.340. The molecule has 7 nitrogen and oxygen atoms in total. The van der Waals surface area contributed by atoms with Gasteiger partial charge < -0.3 is 4.74 Å². The van der Waals surface area contributed by atoms with Crippen molar-refractivity contribution >= 4 is 22.1 Å². The summed E-state index contributed by atoms with van der Waals surface area (Å²) < 4.78 is 33.8. The monoisotopic (exact) mass is 382 g/mol. The summed E-state index contributed by atoms with van der Waals surface area (Å²) in [6.07, 6.45) is 1.78. The minimum Gasteiger partial charge on any atom is -0.494 e. The van der Waals surface area contributed by atoms with E-state index in [-0.39, 0.29) is 23.7 Å². The molecule has 27 heavy (non-hydrogen) atoms. The smallest absolute Gasteiger partial charge is 0.285 e. The van der Waals surface area contributed by atoms with E-state index < -0.39 is 10.0 Å². The van der Waals surface area contributed by atoms with Crippen LogP contribution < -0.4 is 4.74 Å². The average molecular weight is 382 g/mol. The van der Waals surface area contributed by atoms with E-state index in [0.29, 0.717) is 12.2 Å². The highest BCUT2D eigenvalue weighted by Gasteiger charge is 2.31. The lowest BCUT2D eigenvalue weighted by Gasteiger charge is -2.17. The van der Waals surface area contributed by atoms with E-state index >= 15 is 0 Å². The molecule has 0 N–H and O–H groups in total. The van der Waals surface area contributed by atoms with Gasteiger partial charge in [0.2, 0.25) is 0 Å². The molecule has 0 unspecified atom stereocenters. The third kappa shape index (κ3) is 4.15. The Morgan fingerprint density at radius 1 is 1.22 bits per heavy atom. The van der Waals surface area contributed by atoms with Crippen molar-refractivity contribution < 1.29 is 13.2 Å². The fourth-order valence-corrected chi connectivity index (χ4v) is 3.81. The molecule has 0 bridgehead atoms. The Kier molecular flexibility index (Phi) is 5.52. The molecule has 8 heteroatoms. The fraction of sp³-hybridized carbons (Fsp3) is 0.211. The Hall–Kier alpha value is -3.18. The number of hydrazone groups is 1. The molecule has 0 saturated heterocycles. The quantitative estimate of drug-likeness (QED) is 0.565. The van der Waals surface area contributed by atoms with Gasteiger partial charge in [0.15, 0.2) is 5.84 Å². The van der Waals surface area contributed by atoms with Crippen molar-refractivity contribution in [3.8, 4) is 11.8 Å². The molecule has 138 valence electrons. The Morgan fingerprint density at radius 2 is 1.96 bits per heavy atom. The molecule has 0 saturated carbocycles. The molecule has 0 aliphatic carbocycles. The highest BCUT2D eigenvalue weighted by atomic mass is 32.2. The van der Waals surface area contributed by atoms with Crippen molar-refractivity contribution in [2.24, 2.45) is 9.50 Å². The van der Waals surface area contributed by atoms with Crippen LogP contribution in [0.5, 0.6) is 5.75 Å². The first-order valence-electron chi connectivity index (χ1n) is 8.41. The summed E-state index contributed by atoms with van der Waals surface area (Å²) >= 11 is 0. The number of rotatable bonds is 6. The number of sulfonamides is 1. The Bertz CT molecular complexity index is 1020. The standard InChI is InChI=1S/C19H18N4O3S/c1-2-26-16-10-8-15(9-11-16)14-21-23(13-5-12-20)19-17-6-3-4-7-18(17)27(24,25)22-19/h3-4,6-11,14H,2,5,13H2,1H3/b21-14+. The molecule has 1 aliphatic rings. The molecule has 0 radical (unpaired) electrons.